The normalized spacial score (nSPS) is 23.7. The maximum Gasteiger partial charge on any atom is 0.0507 e. The second kappa shape index (κ2) is 5.81. The molecule has 3 nitrogen and oxygen atoms in total. The number of nitrogens with zero attached hydrogens (tertiary/aromatic N) is 2. The molecule has 98 valence electrons. The number of hydrogen-bond acceptors (Lipinski definition) is 3. The van der Waals surface area contributed by atoms with Crippen LogP contribution in [0.3, 0.4) is 0 Å². The zero-order valence-electron chi connectivity index (χ0n) is 10.9. The van der Waals surface area contributed by atoms with E-state index in [1.807, 2.05) is 12.4 Å². The van der Waals surface area contributed by atoms with Gasteiger partial charge >= 0.3 is 0 Å². The van der Waals surface area contributed by atoms with Crippen molar-refractivity contribution in [1.29, 1.82) is 0 Å². The highest BCUT2D eigenvalue weighted by atomic mass is 16.5. The molecule has 0 radical (unpaired) electrons. The molecule has 1 saturated carbocycles. The van der Waals surface area contributed by atoms with Crippen molar-refractivity contribution in [2.45, 2.75) is 31.7 Å². The van der Waals surface area contributed by atoms with Crippen LogP contribution in [0, 0.1) is 5.92 Å². The molecule has 2 heterocycles. The van der Waals surface area contributed by atoms with Gasteiger partial charge in [-0.2, -0.15) is 0 Å². The van der Waals surface area contributed by atoms with Gasteiger partial charge in [0.1, 0.15) is 0 Å². The summed E-state index contributed by atoms with van der Waals surface area (Å²) in [5.41, 5.74) is 1.40. The van der Waals surface area contributed by atoms with Crippen molar-refractivity contribution < 1.29 is 4.74 Å². The van der Waals surface area contributed by atoms with Crippen molar-refractivity contribution in [2.75, 3.05) is 26.3 Å². The quantitative estimate of drug-likeness (QED) is 0.769. The number of rotatable bonds is 6. The van der Waals surface area contributed by atoms with E-state index in [0.717, 1.165) is 31.6 Å². The molecular weight excluding hydrogens is 224 g/mol. The zero-order chi connectivity index (χ0) is 12.2. The minimum atomic E-state index is 0.767. The van der Waals surface area contributed by atoms with Gasteiger partial charge in [0.25, 0.3) is 0 Å². The summed E-state index contributed by atoms with van der Waals surface area (Å²) in [4.78, 5) is 6.75. The van der Waals surface area contributed by atoms with Crippen LogP contribution < -0.4 is 0 Å². The van der Waals surface area contributed by atoms with Crippen molar-refractivity contribution in [1.82, 2.24) is 9.88 Å². The first kappa shape index (κ1) is 12.1. The van der Waals surface area contributed by atoms with Gasteiger partial charge in [0.05, 0.1) is 6.61 Å². The van der Waals surface area contributed by atoms with E-state index in [0.29, 0.717) is 0 Å². The van der Waals surface area contributed by atoms with E-state index in [4.69, 9.17) is 4.74 Å². The molecule has 0 N–H and O–H groups in total. The Bertz CT molecular complexity index is 358. The van der Waals surface area contributed by atoms with Crippen molar-refractivity contribution in [3.8, 4) is 0 Å². The Balaban J connectivity index is 1.50. The van der Waals surface area contributed by atoms with Crippen LogP contribution in [-0.2, 0) is 11.2 Å². The van der Waals surface area contributed by atoms with E-state index in [1.165, 1.54) is 37.9 Å². The lowest BCUT2D eigenvalue weighted by Crippen LogP contribution is -2.33. The maximum absolute atomic E-state index is 5.49. The van der Waals surface area contributed by atoms with Gasteiger partial charge in [-0.25, -0.2) is 0 Å². The smallest absolute Gasteiger partial charge is 0.0507 e. The summed E-state index contributed by atoms with van der Waals surface area (Å²) in [7, 11) is 0. The van der Waals surface area contributed by atoms with Crippen molar-refractivity contribution in [3.63, 3.8) is 0 Å². The molecule has 2 fully saturated rings. The fraction of sp³-hybridized carbons (Fsp3) is 0.667. The molecule has 0 aromatic carbocycles. The Morgan fingerprint density at radius 3 is 2.72 bits per heavy atom. The lowest BCUT2D eigenvalue weighted by Gasteiger charge is -2.24. The molecule has 1 atom stereocenters. The molecule has 1 aromatic heterocycles. The van der Waals surface area contributed by atoms with E-state index in [9.17, 15) is 0 Å². The summed E-state index contributed by atoms with van der Waals surface area (Å²) >= 11 is 0. The number of aromatic nitrogens is 1. The summed E-state index contributed by atoms with van der Waals surface area (Å²) in [6, 6.07) is 5.11. The number of pyridine rings is 1. The van der Waals surface area contributed by atoms with Gasteiger partial charge in [-0.1, -0.05) is 0 Å². The first-order valence-corrected chi connectivity index (χ1v) is 7.12. The highest BCUT2D eigenvalue weighted by molar-refractivity contribution is 5.10. The Labute approximate surface area is 109 Å². The summed E-state index contributed by atoms with van der Waals surface area (Å²) < 4.78 is 5.49. The van der Waals surface area contributed by atoms with Crippen molar-refractivity contribution >= 4 is 0 Å². The number of ether oxygens (including phenoxy) is 1. The van der Waals surface area contributed by atoms with Crippen LogP contribution in [0.2, 0.25) is 0 Å². The van der Waals surface area contributed by atoms with Crippen LogP contribution in [-0.4, -0.2) is 42.2 Å². The topological polar surface area (TPSA) is 25.4 Å². The third-order valence-corrected chi connectivity index (χ3v) is 4.02. The lowest BCUT2D eigenvalue weighted by atomic mass is 10.1. The van der Waals surface area contributed by atoms with E-state index in [1.54, 1.807) is 0 Å². The molecular formula is C15H22N2O. The zero-order valence-corrected chi connectivity index (χ0v) is 10.9. The molecule has 2 aliphatic rings. The molecule has 1 aliphatic carbocycles. The summed E-state index contributed by atoms with van der Waals surface area (Å²) in [6.45, 7) is 4.35. The Kier molecular flexibility index (Phi) is 3.91. The number of hydrogen-bond donors (Lipinski definition) is 0. The molecule has 0 spiro atoms. The summed E-state index contributed by atoms with van der Waals surface area (Å²) in [5, 5.41) is 0. The Hall–Kier alpha value is -0.930. The largest absolute Gasteiger partial charge is 0.381 e. The molecule has 1 aromatic rings. The second-order valence-corrected chi connectivity index (χ2v) is 5.56. The van der Waals surface area contributed by atoms with Gasteiger partial charge in [-0.15, -0.1) is 0 Å². The van der Waals surface area contributed by atoms with E-state index in [2.05, 4.69) is 22.0 Å². The SMILES string of the molecule is c1cc(CCN(C[C@@H]2CCOC2)C2CC2)ccn1. The Morgan fingerprint density at radius 2 is 2.06 bits per heavy atom. The van der Waals surface area contributed by atoms with Gasteiger partial charge < -0.3 is 4.74 Å². The van der Waals surface area contributed by atoms with Crippen LogP contribution in [0.5, 0.6) is 0 Å². The van der Waals surface area contributed by atoms with Gasteiger partial charge in [0.2, 0.25) is 0 Å². The fourth-order valence-corrected chi connectivity index (χ4v) is 2.74. The molecule has 1 aliphatic heterocycles. The van der Waals surface area contributed by atoms with Crippen LogP contribution in [0.25, 0.3) is 0 Å². The van der Waals surface area contributed by atoms with Crippen LogP contribution >= 0.6 is 0 Å². The van der Waals surface area contributed by atoms with E-state index in [-0.39, 0.29) is 0 Å². The monoisotopic (exact) mass is 246 g/mol. The molecule has 3 rings (SSSR count). The third kappa shape index (κ3) is 3.30. The van der Waals surface area contributed by atoms with Gasteiger partial charge in [0, 0.05) is 38.1 Å². The molecule has 18 heavy (non-hydrogen) atoms. The van der Waals surface area contributed by atoms with Gasteiger partial charge in [0.15, 0.2) is 0 Å². The highest BCUT2D eigenvalue weighted by Crippen LogP contribution is 2.29. The second-order valence-electron chi connectivity index (χ2n) is 5.56. The van der Waals surface area contributed by atoms with Crippen LogP contribution in [0.15, 0.2) is 24.5 Å². The summed E-state index contributed by atoms with van der Waals surface area (Å²) in [6.07, 6.45) is 8.96. The van der Waals surface area contributed by atoms with Gasteiger partial charge in [-0.3, -0.25) is 9.88 Å². The van der Waals surface area contributed by atoms with E-state index < -0.39 is 0 Å². The third-order valence-electron chi connectivity index (χ3n) is 4.02. The molecule has 0 amide bonds. The van der Waals surface area contributed by atoms with E-state index >= 15 is 0 Å². The predicted octanol–water partition coefficient (Wildman–Crippen LogP) is 2.12. The average molecular weight is 246 g/mol. The summed E-state index contributed by atoms with van der Waals surface area (Å²) in [5.74, 6) is 0.767. The Morgan fingerprint density at radius 1 is 1.22 bits per heavy atom. The molecule has 0 bridgehead atoms. The average Bonchev–Trinajstić information content (AvgIpc) is 3.13. The first-order chi connectivity index (χ1) is 8.92. The highest BCUT2D eigenvalue weighted by Gasteiger charge is 2.31. The minimum Gasteiger partial charge on any atom is -0.381 e. The van der Waals surface area contributed by atoms with Crippen LogP contribution in [0.1, 0.15) is 24.8 Å². The van der Waals surface area contributed by atoms with Crippen molar-refractivity contribution in [3.05, 3.63) is 30.1 Å². The van der Waals surface area contributed by atoms with Crippen LogP contribution in [0.4, 0.5) is 0 Å². The fourth-order valence-electron chi connectivity index (χ4n) is 2.74. The lowest BCUT2D eigenvalue weighted by molar-refractivity contribution is 0.164. The molecule has 1 saturated heterocycles. The van der Waals surface area contributed by atoms with Gasteiger partial charge in [-0.05, 0) is 49.3 Å². The molecule has 0 unspecified atom stereocenters. The minimum absolute atomic E-state index is 0.767. The predicted molar refractivity (Wildman–Crippen MR) is 71.5 cm³/mol. The standard InChI is InChI=1S/C15H22N2O/c1-2-15(1)17(11-14-6-10-18-12-14)9-5-13-3-7-16-8-4-13/h3-4,7-8,14-15H,1-2,5-6,9-12H2/t14-/m0/s1. The van der Waals surface area contributed by atoms with Crippen molar-refractivity contribution in [2.24, 2.45) is 5.92 Å². The molecule has 3 heteroatoms. The first-order valence-electron chi connectivity index (χ1n) is 7.12. The maximum atomic E-state index is 5.49.